The van der Waals surface area contributed by atoms with Crippen LogP contribution >= 0.6 is 23.5 Å². The lowest BCUT2D eigenvalue weighted by Crippen LogP contribution is -2.34. The van der Waals surface area contributed by atoms with Crippen LogP contribution in [0, 0.1) is 0 Å². The highest BCUT2D eigenvalue weighted by Gasteiger charge is 2.23. The molecule has 0 amide bonds. The summed E-state index contributed by atoms with van der Waals surface area (Å²) in [5.74, 6) is 3.59. The first-order valence-electron chi connectivity index (χ1n) is 5.85. The molecule has 1 aromatic heterocycles. The quantitative estimate of drug-likeness (QED) is 0.645. The van der Waals surface area contributed by atoms with E-state index in [1.165, 1.54) is 28.6 Å². The maximum absolute atomic E-state index is 4.72. The Morgan fingerprint density at radius 2 is 2.06 bits per heavy atom. The Bertz CT molecular complexity index is 418. The number of hydrogen-bond acceptors (Lipinski definition) is 6. The van der Waals surface area contributed by atoms with E-state index in [4.69, 9.17) is 4.98 Å². The van der Waals surface area contributed by atoms with Crippen LogP contribution in [0.15, 0.2) is 5.16 Å². The summed E-state index contributed by atoms with van der Waals surface area (Å²) in [6.07, 6.45) is 2.04. The molecule has 17 heavy (non-hydrogen) atoms. The monoisotopic (exact) mass is 268 g/mol. The molecule has 0 saturated carbocycles. The molecule has 1 N–H and O–H groups in total. The van der Waals surface area contributed by atoms with Crippen molar-refractivity contribution in [3.63, 3.8) is 0 Å². The van der Waals surface area contributed by atoms with Gasteiger partial charge in [0.1, 0.15) is 5.82 Å². The normalized spacial score (nSPS) is 19.5. The number of thioether (sulfide) groups is 2. The van der Waals surface area contributed by atoms with Gasteiger partial charge >= 0.3 is 0 Å². The van der Waals surface area contributed by atoms with Crippen LogP contribution in [0.25, 0.3) is 0 Å². The Morgan fingerprint density at radius 1 is 1.24 bits per heavy atom. The molecule has 3 rings (SSSR count). The fourth-order valence-electron chi connectivity index (χ4n) is 2.26. The van der Waals surface area contributed by atoms with Gasteiger partial charge in [-0.2, -0.15) is 11.8 Å². The Morgan fingerprint density at radius 3 is 2.82 bits per heavy atom. The largest absolute Gasteiger partial charge is 0.355 e. The molecule has 0 spiro atoms. The van der Waals surface area contributed by atoms with Crippen LogP contribution in [-0.2, 0) is 13.1 Å². The first-order valence-corrected chi connectivity index (χ1v) is 8.23. The molecule has 4 nitrogen and oxygen atoms in total. The Kier molecular flexibility index (Phi) is 3.44. The molecule has 2 aliphatic rings. The second kappa shape index (κ2) is 5.04. The van der Waals surface area contributed by atoms with Crippen LogP contribution in [0.2, 0.25) is 0 Å². The summed E-state index contributed by atoms with van der Waals surface area (Å²) in [6.45, 7) is 4.04. The highest BCUT2D eigenvalue weighted by atomic mass is 32.2. The van der Waals surface area contributed by atoms with Crippen molar-refractivity contribution >= 4 is 29.3 Å². The second-order valence-corrected chi connectivity index (χ2v) is 6.16. The molecule has 2 aliphatic heterocycles. The molecule has 6 heteroatoms. The van der Waals surface area contributed by atoms with Crippen molar-refractivity contribution < 1.29 is 0 Å². The summed E-state index contributed by atoms with van der Waals surface area (Å²) < 4.78 is 0. The Labute approximate surface area is 110 Å². The lowest BCUT2D eigenvalue weighted by Gasteiger charge is -2.29. The number of anilines is 1. The van der Waals surface area contributed by atoms with Gasteiger partial charge in [0.15, 0.2) is 5.16 Å². The maximum Gasteiger partial charge on any atom is 0.189 e. The minimum Gasteiger partial charge on any atom is -0.355 e. The fraction of sp³-hybridized carbons (Fsp3) is 0.636. The van der Waals surface area contributed by atoms with E-state index in [1.54, 1.807) is 11.8 Å². The second-order valence-electron chi connectivity index (χ2n) is 4.16. The van der Waals surface area contributed by atoms with E-state index in [1.807, 2.05) is 18.0 Å². The molecular formula is C11H16N4S2. The predicted octanol–water partition coefficient (Wildman–Crippen LogP) is 1.35. The van der Waals surface area contributed by atoms with Gasteiger partial charge in [-0.25, -0.2) is 9.97 Å². The topological polar surface area (TPSA) is 41.1 Å². The number of hydrogen-bond donors (Lipinski definition) is 1. The summed E-state index contributed by atoms with van der Waals surface area (Å²) in [7, 11) is 0. The van der Waals surface area contributed by atoms with Gasteiger partial charge in [0.25, 0.3) is 0 Å². The van der Waals surface area contributed by atoms with E-state index in [2.05, 4.69) is 15.2 Å². The standard InChI is InChI=1S/C11H16N4S2/c1-16-11-13-9-7-12-6-8(9)10(14-11)15-2-4-17-5-3-15/h12H,2-7H2,1H3. The third kappa shape index (κ3) is 2.26. The van der Waals surface area contributed by atoms with Crippen molar-refractivity contribution in [2.75, 3.05) is 35.8 Å². The zero-order valence-corrected chi connectivity index (χ0v) is 11.5. The third-order valence-corrected chi connectivity index (χ3v) is 4.63. The average Bonchev–Trinajstić information content (AvgIpc) is 2.86. The molecule has 0 bridgehead atoms. The Hall–Kier alpha value is -0.460. The average molecular weight is 268 g/mol. The van der Waals surface area contributed by atoms with Gasteiger partial charge in [-0.05, 0) is 6.26 Å². The van der Waals surface area contributed by atoms with Gasteiger partial charge in [0, 0.05) is 43.2 Å². The van der Waals surface area contributed by atoms with Crippen LogP contribution in [-0.4, -0.2) is 40.8 Å². The summed E-state index contributed by atoms with van der Waals surface area (Å²) in [6, 6.07) is 0. The van der Waals surface area contributed by atoms with Gasteiger partial charge < -0.3 is 10.2 Å². The molecule has 0 atom stereocenters. The van der Waals surface area contributed by atoms with Crippen LogP contribution in [0.3, 0.4) is 0 Å². The zero-order chi connectivity index (χ0) is 11.7. The van der Waals surface area contributed by atoms with E-state index in [9.17, 15) is 0 Å². The zero-order valence-electron chi connectivity index (χ0n) is 9.90. The SMILES string of the molecule is CSc1nc2c(c(N3CCSCC3)n1)CNC2. The van der Waals surface area contributed by atoms with E-state index < -0.39 is 0 Å². The molecule has 0 radical (unpaired) electrons. The van der Waals surface area contributed by atoms with E-state index in [0.717, 1.165) is 31.3 Å². The fourth-order valence-corrected chi connectivity index (χ4v) is 3.54. The van der Waals surface area contributed by atoms with Gasteiger partial charge in [-0.15, -0.1) is 0 Å². The predicted molar refractivity (Wildman–Crippen MR) is 73.9 cm³/mol. The number of rotatable bonds is 2. The molecule has 0 aliphatic carbocycles. The minimum atomic E-state index is 0.890. The molecule has 1 fully saturated rings. The van der Waals surface area contributed by atoms with Crippen molar-refractivity contribution in [1.29, 1.82) is 0 Å². The first-order chi connectivity index (χ1) is 8.38. The number of nitrogens with one attached hydrogen (secondary N) is 1. The van der Waals surface area contributed by atoms with Gasteiger partial charge in [0.2, 0.25) is 0 Å². The highest BCUT2D eigenvalue weighted by Crippen LogP contribution is 2.28. The molecular weight excluding hydrogens is 252 g/mol. The number of fused-ring (bicyclic) bond motifs is 1. The van der Waals surface area contributed by atoms with Crippen molar-refractivity contribution in [2.45, 2.75) is 18.2 Å². The van der Waals surface area contributed by atoms with E-state index in [0.29, 0.717) is 0 Å². The van der Waals surface area contributed by atoms with Gasteiger partial charge in [0.05, 0.1) is 5.69 Å². The van der Waals surface area contributed by atoms with E-state index in [-0.39, 0.29) is 0 Å². The summed E-state index contributed by atoms with van der Waals surface area (Å²) in [5.41, 5.74) is 2.51. The third-order valence-electron chi connectivity index (χ3n) is 3.14. The van der Waals surface area contributed by atoms with Crippen molar-refractivity contribution in [1.82, 2.24) is 15.3 Å². The molecule has 1 aromatic rings. The van der Waals surface area contributed by atoms with Crippen molar-refractivity contribution in [2.24, 2.45) is 0 Å². The van der Waals surface area contributed by atoms with Crippen LogP contribution in [0.1, 0.15) is 11.3 Å². The molecule has 3 heterocycles. The van der Waals surface area contributed by atoms with Crippen LogP contribution < -0.4 is 10.2 Å². The minimum absolute atomic E-state index is 0.890. The van der Waals surface area contributed by atoms with Crippen LogP contribution in [0.4, 0.5) is 5.82 Å². The highest BCUT2D eigenvalue weighted by molar-refractivity contribution is 7.99. The lowest BCUT2D eigenvalue weighted by molar-refractivity contribution is 0.753. The first kappa shape index (κ1) is 11.6. The van der Waals surface area contributed by atoms with Crippen molar-refractivity contribution in [3.8, 4) is 0 Å². The van der Waals surface area contributed by atoms with Crippen molar-refractivity contribution in [3.05, 3.63) is 11.3 Å². The molecule has 1 saturated heterocycles. The number of aromatic nitrogens is 2. The Balaban J connectivity index is 1.98. The molecule has 0 aromatic carbocycles. The van der Waals surface area contributed by atoms with Crippen LogP contribution in [0.5, 0.6) is 0 Å². The van der Waals surface area contributed by atoms with Gasteiger partial charge in [-0.3, -0.25) is 0 Å². The lowest BCUT2D eigenvalue weighted by atomic mass is 10.2. The molecule has 0 unspecified atom stereocenters. The maximum atomic E-state index is 4.72. The summed E-state index contributed by atoms with van der Waals surface area (Å²) >= 11 is 3.66. The summed E-state index contributed by atoms with van der Waals surface area (Å²) in [5, 5.41) is 4.28. The smallest absolute Gasteiger partial charge is 0.189 e. The number of nitrogens with zero attached hydrogens (tertiary/aromatic N) is 3. The van der Waals surface area contributed by atoms with E-state index >= 15 is 0 Å². The van der Waals surface area contributed by atoms with Gasteiger partial charge in [-0.1, -0.05) is 11.8 Å². The molecule has 92 valence electrons. The summed E-state index contributed by atoms with van der Waals surface area (Å²) in [4.78, 5) is 11.7.